The van der Waals surface area contributed by atoms with Crippen molar-refractivity contribution in [2.75, 3.05) is 13.1 Å². The van der Waals surface area contributed by atoms with Crippen molar-refractivity contribution in [1.82, 2.24) is 15.0 Å². The molecule has 1 saturated heterocycles. The van der Waals surface area contributed by atoms with E-state index in [1.807, 2.05) is 6.92 Å². The summed E-state index contributed by atoms with van der Waals surface area (Å²) in [7, 11) is -3.47. The Hall–Kier alpha value is -0.980. The Morgan fingerprint density at radius 2 is 2.35 bits per heavy atom. The highest BCUT2D eigenvalue weighted by molar-refractivity contribution is 7.89. The Bertz CT molecular complexity index is 464. The molecule has 2 N–H and O–H groups in total. The molecule has 1 fully saturated rings. The number of nitrogens with zero attached hydrogens (tertiary/aromatic N) is 1. The largest absolute Gasteiger partial charge is 0.313 e. The van der Waals surface area contributed by atoms with Crippen LogP contribution in [0.15, 0.2) is 23.4 Å². The van der Waals surface area contributed by atoms with Gasteiger partial charge in [-0.3, -0.25) is 0 Å². The van der Waals surface area contributed by atoms with Gasteiger partial charge in [0.25, 0.3) is 10.0 Å². The van der Waals surface area contributed by atoms with Gasteiger partial charge in [-0.15, -0.1) is 0 Å². The van der Waals surface area contributed by atoms with Gasteiger partial charge >= 0.3 is 0 Å². The van der Waals surface area contributed by atoms with Crippen molar-refractivity contribution >= 4 is 10.0 Å². The van der Waals surface area contributed by atoms with Crippen LogP contribution in [0.5, 0.6) is 0 Å². The molecule has 0 amide bonds. The first-order valence-corrected chi connectivity index (χ1v) is 7.22. The van der Waals surface area contributed by atoms with E-state index in [0.717, 1.165) is 24.9 Å². The van der Waals surface area contributed by atoms with Gasteiger partial charge in [0.2, 0.25) is 0 Å². The molecule has 1 aliphatic heterocycles. The van der Waals surface area contributed by atoms with Crippen molar-refractivity contribution in [3.05, 3.63) is 23.9 Å². The highest BCUT2D eigenvalue weighted by Gasteiger charge is 2.19. The average Bonchev–Trinajstić information content (AvgIpc) is 2.80. The number of hydrogen-bond acceptors (Lipinski definition) is 4. The fraction of sp³-hybridized carbons (Fsp3) is 0.545. The fourth-order valence-electron chi connectivity index (χ4n) is 1.83. The Kier molecular flexibility index (Phi) is 3.76. The van der Waals surface area contributed by atoms with Gasteiger partial charge in [0, 0.05) is 18.8 Å². The molecule has 5 nitrogen and oxygen atoms in total. The molecule has 0 unspecified atom stereocenters. The maximum absolute atomic E-state index is 11.9. The van der Waals surface area contributed by atoms with Gasteiger partial charge in [0.1, 0.15) is 0 Å². The van der Waals surface area contributed by atoms with Gasteiger partial charge < -0.3 is 5.32 Å². The maximum Gasteiger partial charge on any atom is 0.258 e. The zero-order valence-corrected chi connectivity index (χ0v) is 10.6. The van der Waals surface area contributed by atoms with Crippen LogP contribution in [-0.4, -0.2) is 32.5 Å². The minimum absolute atomic E-state index is 0.0843. The molecule has 94 valence electrons. The zero-order chi connectivity index (χ0) is 12.3. The second kappa shape index (κ2) is 5.12. The number of aromatic nitrogens is 1. The van der Waals surface area contributed by atoms with Crippen LogP contribution in [-0.2, 0) is 10.0 Å². The third-order valence-electron chi connectivity index (χ3n) is 2.84. The molecule has 1 aromatic heterocycles. The van der Waals surface area contributed by atoms with Crippen LogP contribution in [0.25, 0.3) is 0 Å². The van der Waals surface area contributed by atoms with Crippen molar-refractivity contribution in [2.45, 2.75) is 30.8 Å². The Morgan fingerprint density at radius 3 is 2.94 bits per heavy atom. The first-order valence-electron chi connectivity index (χ1n) is 5.74. The highest BCUT2D eigenvalue weighted by Crippen LogP contribution is 2.08. The van der Waals surface area contributed by atoms with Gasteiger partial charge in [-0.2, -0.15) is 0 Å². The van der Waals surface area contributed by atoms with Crippen LogP contribution in [0, 0.1) is 6.92 Å². The Labute approximate surface area is 102 Å². The van der Waals surface area contributed by atoms with E-state index in [1.165, 1.54) is 6.07 Å². The second-order valence-corrected chi connectivity index (χ2v) is 6.03. The number of hydrogen-bond donors (Lipinski definition) is 2. The van der Waals surface area contributed by atoms with E-state index in [4.69, 9.17) is 0 Å². The highest BCUT2D eigenvalue weighted by atomic mass is 32.2. The zero-order valence-electron chi connectivity index (χ0n) is 9.81. The summed E-state index contributed by atoms with van der Waals surface area (Å²) < 4.78 is 26.4. The lowest BCUT2D eigenvalue weighted by Gasteiger charge is -2.11. The maximum atomic E-state index is 11.9. The SMILES string of the molecule is Cc1ccc(S(=O)(=O)NC[C@H]2CCCN2)nc1. The summed E-state index contributed by atoms with van der Waals surface area (Å²) in [5.41, 5.74) is 0.946. The van der Waals surface area contributed by atoms with Crippen LogP contribution in [0.2, 0.25) is 0 Å². The molecule has 0 aromatic carbocycles. The van der Waals surface area contributed by atoms with E-state index in [2.05, 4.69) is 15.0 Å². The number of aryl methyl sites for hydroxylation is 1. The molecule has 2 heterocycles. The van der Waals surface area contributed by atoms with E-state index in [9.17, 15) is 8.42 Å². The molecule has 0 spiro atoms. The van der Waals surface area contributed by atoms with Gasteiger partial charge in [0.05, 0.1) is 0 Å². The minimum atomic E-state index is -3.47. The Morgan fingerprint density at radius 1 is 1.53 bits per heavy atom. The van der Waals surface area contributed by atoms with Crippen LogP contribution in [0.1, 0.15) is 18.4 Å². The monoisotopic (exact) mass is 255 g/mol. The molecule has 1 atom stereocenters. The van der Waals surface area contributed by atoms with Gasteiger partial charge in [-0.25, -0.2) is 18.1 Å². The Balaban J connectivity index is 2.00. The predicted molar refractivity (Wildman–Crippen MR) is 65.2 cm³/mol. The fourth-order valence-corrected chi connectivity index (χ4v) is 2.84. The molecule has 1 aromatic rings. The third kappa shape index (κ3) is 3.24. The summed E-state index contributed by atoms with van der Waals surface area (Å²) in [6, 6.07) is 3.52. The lowest BCUT2D eigenvalue weighted by atomic mass is 10.2. The molecular formula is C11H17N3O2S. The molecular weight excluding hydrogens is 238 g/mol. The first-order chi connectivity index (χ1) is 8.08. The molecule has 0 saturated carbocycles. The van der Waals surface area contributed by atoms with Crippen LogP contribution >= 0.6 is 0 Å². The molecule has 17 heavy (non-hydrogen) atoms. The summed E-state index contributed by atoms with van der Waals surface area (Å²) in [5.74, 6) is 0. The number of rotatable bonds is 4. The molecule has 0 aliphatic carbocycles. The van der Waals surface area contributed by atoms with E-state index in [-0.39, 0.29) is 11.1 Å². The summed E-state index contributed by atoms with van der Waals surface area (Å²) in [4.78, 5) is 3.92. The van der Waals surface area contributed by atoms with Crippen molar-refractivity contribution in [1.29, 1.82) is 0 Å². The number of nitrogens with one attached hydrogen (secondary N) is 2. The number of sulfonamides is 1. The van der Waals surface area contributed by atoms with Crippen LogP contribution in [0.3, 0.4) is 0 Å². The summed E-state index contributed by atoms with van der Waals surface area (Å²) >= 11 is 0. The normalized spacial score (nSPS) is 20.6. The molecule has 0 bridgehead atoms. The predicted octanol–water partition coefficient (Wildman–Crippen LogP) is 0.420. The summed E-state index contributed by atoms with van der Waals surface area (Å²) in [6.45, 7) is 3.27. The van der Waals surface area contributed by atoms with Crippen molar-refractivity contribution in [2.24, 2.45) is 0 Å². The van der Waals surface area contributed by atoms with Gasteiger partial charge in [0.15, 0.2) is 5.03 Å². The van der Waals surface area contributed by atoms with Crippen molar-refractivity contribution in [3.63, 3.8) is 0 Å². The minimum Gasteiger partial charge on any atom is -0.313 e. The molecule has 0 radical (unpaired) electrons. The van der Waals surface area contributed by atoms with Crippen molar-refractivity contribution in [3.8, 4) is 0 Å². The van der Waals surface area contributed by atoms with Crippen molar-refractivity contribution < 1.29 is 8.42 Å². The quantitative estimate of drug-likeness (QED) is 0.818. The van der Waals surface area contributed by atoms with E-state index in [1.54, 1.807) is 12.3 Å². The van der Waals surface area contributed by atoms with Crippen LogP contribution in [0.4, 0.5) is 0 Å². The van der Waals surface area contributed by atoms with E-state index >= 15 is 0 Å². The standard InChI is InChI=1S/C11H17N3O2S/c1-9-4-5-11(13-7-9)17(15,16)14-8-10-3-2-6-12-10/h4-5,7,10,12,14H,2-3,6,8H2,1H3/t10-/m1/s1. The molecule has 1 aliphatic rings. The molecule has 2 rings (SSSR count). The van der Waals surface area contributed by atoms with Crippen LogP contribution < -0.4 is 10.0 Å². The molecule has 6 heteroatoms. The average molecular weight is 255 g/mol. The second-order valence-electron chi connectivity index (χ2n) is 4.32. The topological polar surface area (TPSA) is 71.1 Å². The summed E-state index contributed by atoms with van der Waals surface area (Å²) in [6.07, 6.45) is 3.68. The lowest BCUT2D eigenvalue weighted by molar-refractivity contribution is 0.549. The third-order valence-corrected chi connectivity index (χ3v) is 4.18. The number of pyridine rings is 1. The lowest BCUT2D eigenvalue weighted by Crippen LogP contribution is -2.37. The first kappa shape index (κ1) is 12.5. The summed E-state index contributed by atoms with van der Waals surface area (Å²) in [5, 5.41) is 3.33. The van der Waals surface area contributed by atoms with E-state index in [0.29, 0.717) is 6.54 Å². The van der Waals surface area contributed by atoms with E-state index < -0.39 is 10.0 Å². The smallest absolute Gasteiger partial charge is 0.258 e. The van der Waals surface area contributed by atoms with Gasteiger partial charge in [-0.1, -0.05) is 6.07 Å². The van der Waals surface area contributed by atoms with Gasteiger partial charge in [-0.05, 0) is 37.9 Å².